The summed E-state index contributed by atoms with van der Waals surface area (Å²) in [5.41, 5.74) is 5.04. The molecule has 0 saturated heterocycles. The number of nitrogens with zero attached hydrogens (tertiary/aromatic N) is 5. The van der Waals surface area contributed by atoms with E-state index in [1.807, 2.05) is 25.9 Å². The molecule has 1 fully saturated rings. The monoisotopic (exact) mass is 473 g/mol. The molecule has 33 heavy (non-hydrogen) atoms. The number of H-pyrrole nitrogens is 1. The van der Waals surface area contributed by atoms with Crippen molar-refractivity contribution in [3.63, 3.8) is 0 Å². The fourth-order valence-corrected chi connectivity index (χ4v) is 4.27. The number of ketones is 1. The summed E-state index contributed by atoms with van der Waals surface area (Å²) in [7, 11) is 3.79. The van der Waals surface area contributed by atoms with E-state index in [-0.39, 0.29) is 35.0 Å². The highest BCUT2D eigenvalue weighted by atomic mass is 32.2. The predicted octanol–water partition coefficient (Wildman–Crippen LogP) is 1.77. The van der Waals surface area contributed by atoms with Gasteiger partial charge in [0.05, 0.1) is 11.8 Å². The molecule has 174 valence electrons. The van der Waals surface area contributed by atoms with Crippen LogP contribution in [-0.4, -0.2) is 54.8 Å². The average molecular weight is 474 g/mol. The molecule has 12 heteroatoms. The molecule has 0 bridgehead atoms. The van der Waals surface area contributed by atoms with E-state index in [4.69, 9.17) is 5.73 Å². The Balaban J connectivity index is 1.66. The molecule has 3 N–H and O–H groups in total. The Morgan fingerprint density at radius 1 is 1.27 bits per heavy atom. The number of carbonyl (C=O) groups excluding carboxylic acids is 1. The van der Waals surface area contributed by atoms with Gasteiger partial charge in [0.1, 0.15) is 17.2 Å². The summed E-state index contributed by atoms with van der Waals surface area (Å²) in [6.07, 6.45) is 1.54. The lowest BCUT2D eigenvalue weighted by Gasteiger charge is -2.20. The van der Waals surface area contributed by atoms with Crippen LogP contribution in [0.5, 0.6) is 0 Å². The van der Waals surface area contributed by atoms with Crippen LogP contribution in [0.4, 0.5) is 10.2 Å². The Hall–Kier alpha value is -3.25. The van der Waals surface area contributed by atoms with Crippen molar-refractivity contribution in [3.8, 4) is 5.69 Å². The van der Waals surface area contributed by atoms with Crippen LogP contribution < -0.4 is 17.0 Å². The summed E-state index contributed by atoms with van der Waals surface area (Å²) < 4.78 is 16.5. The van der Waals surface area contributed by atoms with E-state index in [1.54, 1.807) is 16.7 Å². The van der Waals surface area contributed by atoms with Gasteiger partial charge in [-0.05, 0) is 58.1 Å². The Labute approximate surface area is 192 Å². The predicted molar refractivity (Wildman–Crippen MR) is 122 cm³/mol. The van der Waals surface area contributed by atoms with Gasteiger partial charge < -0.3 is 5.73 Å². The summed E-state index contributed by atoms with van der Waals surface area (Å²) in [5.74, 6) is -0.547. The van der Waals surface area contributed by atoms with Gasteiger partial charge in [0.2, 0.25) is 0 Å². The smallest absolute Gasteiger partial charge is 0.330 e. The van der Waals surface area contributed by atoms with Crippen molar-refractivity contribution in [3.05, 3.63) is 62.3 Å². The van der Waals surface area contributed by atoms with Gasteiger partial charge >= 0.3 is 5.69 Å². The zero-order valence-electron chi connectivity index (χ0n) is 18.4. The first-order valence-electron chi connectivity index (χ1n) is 10.4. The zero-order chi connectivity index (χ0) is 23.9. The number of benzene rings is 1. The Morgan fingerprint density at radius 3 is 2.55 bits per heavy atom. The van der Waals surface area contributed by atoms with Crippen molar-refractivity contribution in [2.24, 2.45) is 0 Å². The van der Waals surface area contributed by atoms with E-state index in [0.29, 0.717) is 16.7 Å². The van der Waals surface area contributed by atoms with Gasteiger partial charge in [-0.1, -0.05) is 11.8 Å². The second kappa shape index (κ2) is 8.94. The van der Waals surface area contributed by atoms with Crippen LogP contribution in [0.25, 0.3) is 5.69 Å². The van der Waals surface area contributed by atoms with Gasteiger partial charge in [-0.25, -0.2) is 9.18 Å². The fourth-order valence-electron chi connectivity index (χ4n) is 3.44. The number of nitrogens with two attached hydrogens (primary N) is 1. The first-order valence-corrected chi connectivity index (χ1v) is 11.4. The lowest BCUT2D eigenvalue weighted by Crippen LogP contribution is -2.36. The van der Waals surface area contributed by atoms with Gasteiger partial charge in [-0.15, -0.1) is 10.2 Å². The third-order valence-electron chi connectivity index (χ3n) is 5.60. The molecule has 4 rings (SSSR count). The van der Waals surface area contributed by atoms with Crippen LogP contribution in [0.15, 0.2) is 39.0 Å². The van der Waals surface area contributed by atoms with Gasteiger partial charge in [-0.3, -0.25) is 28.6 Å². The minimum absolute atomic E-state index is 0.0924. The molecule has 2 aromatic heterocycles. The Bertz CT molecular complexity index is 1310. The Kier molecular flexibility index (Phi) is 6.21. The number of aromatic amines is 1. The molecule has 3 aromatic rings. The molecule has 0 unspecified atom stereocenters. The average Bonchev–Trinajstić information content (AvgIpc) is 3.50. The van der Waals surface area contributed by atoms with Crippen molar-refractivity contribution < 1.29 is 9.18 Å². The molecule has 0 spiro atoms. The minimum Gasteiger partial charge on any atom is -0.384 e. The number of Topliss-reactive ketones (excluding diaryl/α,β-unsaturated/α-hetero) is 1. The van der Waals surface area contributed by atoms with E-state index >= 15 is 0 Å². The van der Waals surface area contributed by atoms with Crippen molar-refractivity contribution in [1.82, 2.24) is 29.2 Å². The molecule has 0 amide bonds. The number of nitrogen functional groups attached to an aromatic ring is 1. The standard InChI is InChI=1S/C21H24FN7O3S/c1-11(27(2)3)18-25-26-21(29(18)14-6-4-12(22)5-7-14)33-10-15(30)16-17(23)28(13-8-9-13)20(32)24-19(16)31/h4-7,11,13H,8-10,23H2,1-3H3,(H,24,31,32)/t11-/m0/s1. The number of thioether (sulfide) groups is 1. The maximum atomic E-state index is 13.5. The summed E-state index contributed by atoms with van der Waals surface area (Å²) in [4.78, 5) is 41.5. The summed E-state index contributed by atoms with van der Waals surface area (Å²) in [6, 6.07) is 5.66. The number of anilines is 1. The highest BCUT2D eigenvalue weighted by Crippen LogP contribution is 2.35. The number of nitrogens with one attached hydrogen (secondary N) is 1. The van der Waals surface area contributed by atoms with E-state index in [0.717, 1.165) is 24.6 Å². The van der Waals surface area contributed by atoms with Crippen LogP contribution in [0.1, 0.15) is 48.0 Å². The van der Waals surface area contributed by atoms with E-state index in [9.17, 15) is 18.8 Å². The zero-order valence-corrected chi connectivity index (χ0v) is 19.2. The van der Waals surface area contributed by atoms with Gasteiger partial charge in [0, 0.05) is 11.7 Å². The van der Waals surface area contributed by atoms with Crippen molar-refractivity contribution in [2.75, 3.05) is 25.6 Å². The maximum absolute atomic E-state index is 13.5. The number of hydrogen-bond donors (Lipinski definition) is 2. The molecule has 1 atom stereocenters. The van der Waals surface area contributed by atoms with Crippen LogP contribution in [0.2, 0.25) is 0 Å². The van der Waals surface area contributed by atoms with E-state index in [1.165, 1.54) is 16.7 Å². The summed E-state index contributed by atoms with van der Waals surface area (Å²) >= 11 is 1.08. The molecule has 1 aromatic carbocycles. The maximum Gasteiger partial charge on any atom is 0.330 e. The number of halogens is 1. The van der Waals surface area contributed by atoms with Crippen LogP contribution in [0.3, 0.4) is 0 Å². The van der Waals surface area contributed by atoms with Gasteiger partial charge in [0.25, 0.3) is 5.56 Å². The van der Waals surface area contributed by atoms with Gasteiger partial charge in [-0.2, -0.15) is 0 Å². The molecule has 2 heterocycles. The molecule has 1 aliphatic carbocycles. The van der Waals surface area contributed by atoms with Gasteiger partial charge in [0.15, 0.2) is 16.8 Å². The number of aromatic nitrogens is 5. The molecule has 1 aliphatic rings. The second-order valence-electron chi connectivity index (χ2n) is 8.12. The number of hydrogen-bond acceptors (Lipinski definition) is 8. The molecule has 10 nitrogen and oxygen atoms in total. The molecule has 1 saturated carbocycles. The van der Waals surface area contributed by atoms with Crippen molar-refractivity contribution >= 4 is 23.4 Å². The van der Waals surface area contributed by atoms with E-state index in [2.05, 4.69) is 15.2 Å². The molecule has 0 radical (unpaired) electrons. The Morgan fingerprint density at radius 2 is 1.94 bits per heavy atom. The third-order valence-corrected chi connectivity index (χ3v) is 6.53. The summed E-state index contributed by atoms with van der Waals surface area (Å²) in [6.45, 7) is 1.95. The topological polar surface area (TPSA) is 132 Å². The fraction of sp³-hybridized carbons (Fsp3) is 0.381. The highest BCUT2D eigenvalue weighted by molar-refractivity contribution is 7.99. The second-order valence-corrected chi connectivity index (χ2v) is 9.07. The lowest BCUT2D eigenvalue weighted by atomic mass is 10.2. The minimum atomic E-state index is -0.804. The SMILES string of the molecule is C[C@@H](c1nnc(SCC(=O)c2c(N)n(C3CC3)c(=O)[nH]c2=O)n1-c1ccc(F)cc1)N(C)C. The highest BCUT2D eigenvalue weighted by Gasteiger charge is 2.30. The largest absolute Gasteiger partial charge is 0.384 e. The molecular weight excluding hydrogens is 449 g/mol. The summed E-state index contributed by atoms with van der Waals surface area (Å²) in [5, 5.41) is 8.92. The first-order chi connectivity index (χ1) is 15.7. The van der Waals surface area contributed by atoms with Crippen LogP contribution in [0, 0.1) is 5.82 Å². The third kappa shape index (κ3) is 4.48. The number of rotatable bonds is 8. The van der Waals surface area contributed by atoms with Crippen LogP contribution in [-0.2, 0) is 0 Å². The number of carbonyl (C=O) groups is 1. The van der Waals surface area contributed by atoms with Crippen molar-refractivity contribution in [2.45, 2.75) is 37.0 Å². The van der Waals surface area contributed by atoms with Crippen molar-refractivity contribution in [1.29, 1.82) is 0 Å². The molecule has 0 aliphatic heterocycles. The lowest BCUT2D eigenvalue weighted by molar-refractivity contribution is 0.102. The van der Waals surface area contributed by atoms with E-state index < -0.39 is 17.0 Å². The quantitative estimate of drug-likeness (QED) is 0.374. The first kappa shape index (κ1) is 22.9. The normalized spacial score (nSPS) is 14.6. The van der Waals surface area contributed by atoms with Crippen LogP contribution >= 0.6 is 11.8 Å². The molecular formula is C21H24FN7O3S.